The zero-order valence-corrected chi connectivity index (χ0v) is 21.9. The van der Waals surface area contributed by atoms with Crippen LogP contribution in [-0.4, -0.2) is 39.0 Å². The van der Waals surface area contributed by atoms with Gasteiger partial charge in [-0.05, 0) is 51.0 Å². The zero-order valence-electron chi connectivity index (χ0n) is 19.5. The maximum absolute atomic E-state index is 12.6. The van der Waals surface area contributed by atoms with E-state index < -0.39 is 5.97 Å². The molecule has 34 heavy (non-hydrogen) atoms. The molecule has 3 aromatic rings. The van der Waals surface area contributed by atoms with Crippen molar-refractivity contribution >= 4 is 51.6 Å². The van der Waals surface area contributed by atoms with Crippen LogP contribution in [0.25, 0.3) is 0 Å². The Labute approximate surface area is 212 Å². The van der Waals surface area contributed by atoms with Crippen molar-refractivity contribution in [2.24, 2.45) is 0 Å². The number of aromatic nitrogens is 3. The molecule has 0 saturated heterocycles. The van der Waals surface area contributed by atoms with Crippen molar-refractivity contribution in [2.75, 3.05) is 17.7 Å². The molecule has 0 spiro atoms. The summed E-state index contributed by atoms with van der Waals surface area (Å²) in [6.45, 7) is 8.77. The molecule has 2 heterocycles. The summed E-state index contributed by atoms with van der Waals surface area (Å²) >= 11 is 8.85. The molecule has 182 valence electrons. The van der Waals surface area contributed by atoms with Crippen LogP contribution in [0.4, 0.5) is 5.00 Å². The largest absolute Gasteiger partial charge is 0.484 e. The van der Waals surface area contributed by atoms with Gasteiger partial charge in [0.2, 0.25) is 5.91 Å². The maximum Gasteiger partial charge on any atom is 0.341 e. The molecular formula is C23H27ClN4O4S2. The number of carbonyl (C=O) groups is 2. The molecule has 0 aliphatic carbocycles. The lowest BCUT2D eigenvalue weighted by atomic mass is 10.2. The fourth-order valence-electron chi connectivity index (χ4n) is 3.08. The van der Waals surface area contributed by atoms with Crippen LogP contribution >= 0.6 is 34.7 Å². The third-order valence-corrected chi connectivity index (χ3v) is 7.24. The first-order valence-corrected chi connectivity index (χ1v) is 13.1. The Bertz CT molecular complexity index is 1160. The molecule has 0 aliphatic rings. The second-order valence-corrected chi connectivity index (χ2v) is 9.72. The van der Waals surface area contributed by atoms with E-state index in [0.717, 1.165) is 16.9 Å². The maximum atomic E-state index is 12.6. The minimum atomic E-state index is -0.439. The summed E-state index contributed by atoms with van der Waals surface area (Å²) in [6.07, 6.45) is 0.764. The Hall–Kier alpha value is -2.56. The number of thiophene rings is 1. The first kappa shape index (κ1) is 26.1. The molecule has 1 aromatic carbocycles. The Morgan fingerprint density at radius 2 is 2.00 bits per heavy atom. The van der Waals surface area contributed by atoms with E-state index in [1.165, 1.54) is 23.1 Å². The molecule has 3 rings (SSSR count). The molecule has 2 aromatic heterocycles. The van der Waals surface area contributed by atoms with Gasteiger partial charge in [0.25, 0.3) is 0 Å². The van der Waals surface area contributed by atoms with Crippen LogP contribution < -0.4 is 10.1 Å². The quantitative estimate of drug-likeness (QED) is 0.267. The molecule has 8 nitrogen and oxygen atoms in total. The van der Waals surface area contributed by atoms with Crippen molar-refractivity contribution in [1.82, 2.24) is 14.8 Å². The van der Waals surface area contributed by atoms with Crippen molar-refractivity contribution in [1.29, 1.82) is 0 Å². The number of hydrogen-bond donors (Lipinski definition) is 1. The second kappa shape index (κ2) is 12.2. The van der Waals surface area contributed by atoms with Gasteiger partial charge in [-0.2, -0.15) is 0 Å². The minimum absolute atomic E-state index is 0.115. The molecule has 1 amide bonds. The zero-order chi connectivity index (χ0) is 24.7. The van der Waals surface area contributed by atoms with E-state index in [1.807, 2.05) is 37.5 Å². The summed E-state index contributed by atoms with van der Waals surface area (Å²) in [4.78, 5) is 25.9. The third-order valence-electron chi connectivity index (χ3n) is 4.77. The standard InChI is InChI=1S/C23H27ClN4O4S2/c1-5-15-11-16(22(30)31-7-3)21(34-15)25-20(29)13-33-23-27-26-19(28(23)6-2)12-32-18-10-14(4)8-9-17(18)24/h8-11H,5-7,12-13H2,1-4H3,(H,25,29). The number of nitrogens with zero attached hydrogens (tertiary/aromatic N) is 3. The van der Waals surface area contributed by atoms with Crippen LogP contribution in [0.5, 0.6) is 5.75 Å². The Balaban J connectivity index is 1.63. The minimum Gasteiger partial charge on any atom is -0.484 e. The number of hydrogen-bond acceptors (Lipinski definition) is 8. The molecule has 0 atom stereocenters. The first-order valence-electron chi connectivity index (χ1n) is 10.9. The summed E-state index contributed by atoms with van der Waals surface area (Å²) < 4.78 is 12.8. The van der Waals surface area contributed by atoms with Gasteiger partial charge in [0, 0.05) is 11.4 Å². The predicted molar refractivity (Wildman–Crippen MR) is 135 cm³/mol. The van der Waals surface area contributed by atoms with Crippen molar-refractivity contribution in [2.45, 2.75) is 52.4 Å². The number of esters is 1. The molecule has 0 saturated carbocycles. The van der Waals surface area contributed by atoms with Gasteiger partial charge in [-0.25, -0.2) is 4.79 Å². The SMILES string of the molecule is CCOC(=O)c1cc(CC)sc1NC(=O)CSc1nnc(COc2cc(C)ccc2Cl)n1CC. The number of nitrogens with one attached hydrogen (secondary N) is 1. The molecule has 0 bridgehead atoms. The van der Waals surface area contributed by atoms with Crippen LogP contribution in [0.15, 0.2) is 29.4 Å². The summed E-state index contributed by atoms with van der Waals surface area (Å²) in [5.41, 5.74) is 1.43. The Morgan fingerprint density at radius 1 is 1.21 bits per heavy atom. The molecular weight excluding hydrogens is 496 g/mol. The van der Waals surface area contributed by atoms with Crippen molar-refractivity contribution in [3.05, 3.63) is 51.1 Å². The molecule has 0 radical (unpaired) electrons. The highest BCUT2D eigenvalue weighted by Gasteiger charge is 2.20. The lowest BCUT2D eigenvalue weighted by Crippen LogP contribution is -2.16. The van der Waals surface area contributed by atoms with Gasteiger partial charge in [-0.3, -0.25) is 4.79 Å². The van der Waals surface area contributed by atoms with E-state index in [4.69, 9.17) is 21.1 Å². The fourth-order valence-corrected chi connectivity index (χ4v) is 5.07. The van der Waals surface area contributed by atoms with Crippen LogP contribution in [-0.2, 0) is 29.1 Å². The fraction of sp³-hybridized carbons (Fsp3) is 0.391. The van der Waals surface area contributed by atoms with E-state index in [2.05, 4.69) is 15.5 Å². The number of halogens is 1. The van der Waals surface area contributed by atoms with Gasteiger partial charge >= 0.3 is 5.97 Å². The highest BCUT2D eigenvalue weighted by molar-refractivity contribution is 7.99. The van der Waals surface area contributed by atoms with Gasteiger partial charge in [-0.15, -0.1) is 21.5 Å². The van der Waals surface area contributed by atoms with E-state index in [0.29, 0.717) is 38.9 Å². The van der Waals surface area contributed by atoms with Crippen molar-refractivity contribution < 1.29 is 19.1 Å². The van der Waals surface area contributed by atoms with Gasteiger partial charge in [0.05, 0.1) is 22.9 Å². The average Bonchev–Trinajstić information content (AvgIpc) is 3.41. The van der Waals surface area contributed by atoms with Crippen LogP contribution in [0.1, 0.15) is 47.4 Å². The second-order valence-electron chi connectivity index (χ2n) is 7.23. The number of benzene rings is 1. The van der Waals surface area contributed by atoms with Gasteiger partial charge < -0.3 is 19.4 Å². The number of carbonyl (C=O) groups excluding carboxylic acids is 2. The molecule has 1 N–H and O–H groups in total. The van der Waals surface area contributed by atoms with Crippen molar-refractivity contribution in [3.63, 3.8) is 0 Å². The Kier molecular flexibility index (Phi) is 9.37. The highest BCUT2D eigenvalue weighted by atomic mass is 35.5. The van der Waals surface area contributed by atoms with E-state index in [9.17, 15) is 9.59 Å². The number of aryl methyl sites for hydroxylation is 2. The van der Waals surface area contributed by atoms with E-state index in [1.54, 1.807) is 19.1 Å². The topological polar surface area (TPSA) is 95.3 Å². The number of anilines is 1. The van der Waals surface area contributed by atoms with Gasteiger partial charge in [0.1, 0.15) is 17.4 Å². The molecule has 0 unspecified atom stereocenters. The number of rotatable bonds is 11. The lowest BCUT2D eigenvalue weighted by molar-refractivity contribution is -0.113. The normalized spacial score (nSPS) is 10.9. The van der Waals surface area contributed by atoms with Crippen LogP contribution in [0.2, 0.25) is 5.02 Å². The molecule has 0 fully saturated rings. The van der Waals surface area contributed by atoms with Gasteiger partial charge in [0.15, 0.2) is 11.0 Å². The average molecular weight is 523 g/mol. The Morgan fingerprint density at radius 3 is 2.71 bits per heavy atom. The number of amides is 1. The predicted octanol–water partition coefficient (Wildman–Crippen LogP) is 5.37. The smallest absolute Gasteiger partial charge is 0.341 e. The monoisotopic (exact) mass is 522 g/mol. The number of thioether (sulfide) groups is 1. The first-order chi connectivity index (χ1) is 16.4. The van der Waals surface area contributed by atoms with E-state index >= 15 is 0 Å². The van der Waals surface area contributed by atoms with E-state index in [-0.39, 0.29) is 24.9 Å². The summed E-state index contributed by atoms with van der Waals surface area (Å²) in [6, 6.07) is 7.35. The summed E-state index contributed by atoms with van der Waals surface area (Å²) in [7, 11) is 0. The molecule has 0 aliphatic heterocycles. The number of ether oxygens (including phenoxy) is 2. The summed E-state index contributed by atoms with van der Waals surface area (Å²) in [5, 5.41) is 12.9. The van der Waals surface area contributed by atoms with Crippen LogP contribution in [0.3, 0.4) is 0 Å². The molecule has 11 heteroatoms. The van der Waals surface area contributed by atoms with Gasteiger partial charge in [-0.1, -0.05) is 36.4 Å². The summed E-state index contributed by atoms with van der Waals surface area (Å²) in [5.74, 6) is 0.657. The lowest BCUT2D eigenvalue weighted by Gasteiger charge is -2.10. The van der Waals surface area contributed by atoms with Crippen molar-refractivity contribution in [3.8, 4) is 5.75 Å². The van der Waals surface area contributed by atoms with Crippen LogP contribution in [0, 0.1) is 6.92 Å². The highest BCUT2D eigenvalue weighted by Crippen LogP contribution is 2.30. The third kappa shape index (κ3) is 6.52.